The predicted molar refractivity (Wildman–Crippen MR) is 91.5 cm³/mol. The molecule has 1 fully saturated rings. The molecular weight excluding hydrogens is 288 g/mol. The van der Waals surface area contributed by atoms with E-state index in [0.717, 1.165) is 47.7 Å². The van der Waals surface area contributed by atoms with Crippen molar-refractivity contribution in [3.8, 4) is 11.1 Å². The van der Waals surface area contributed by atoms with E-state index in [2.05, 4.69) is 15.7 Å². The summed E-state index contributed by atoms with van der Waals surface area (Å²) in [5, 5.41) is 10.5. The number of hydrogen-bond donors (Lipinski definition) is 2. The summed E-state index contributed by atoms with van der Waals surface area (Å²) in [6.45, 7) is 0. The second-order valence-corrected chi connectivity index (χ2v) is 6.35. The van der Waals surface area contributed by atoms with E-state index in [9.17, 15) is 9.90 Å². The van der Waals surface area contributed by atoms with Crippen LogP contribution in [0.1, 0.15) is 31.7 Å². The zero-order valence-electron chi connectivity index (χ0n) is 12.9. The van der Waals surface area contributed by atoms with Crippen LogP contribution >= 0.6 is 0 Å². The molecule has 1 aliphatic rings. The molecule has 0 bridgehead atoms. The van der Waals surface area contributed by atoms with Gasteiger partial charge in [0, 0.05) is 24.0 Å². The normalized spacial score (nSPS) is 21.6. The molecular formula is C19H20N2O2. The Hall–Kier alpha value is -2.33. The fourth-order valence-corrected chi connectivity index (χ4v) is 3.69. The minimum Gasteiger partial charge on any atom is -0.393 e. The van der Waals surface area contributed by atoms with Crippen molar-refractivity contribution in [3.63, 3.8) is 0 Å². The fourth-order valence-electron chi connectivity index (χ4n) is 3.69. The number of aromatic nitrogens is 2. The van der Waals surface area contributed by atoms with Gasteiger partial charge in [-0.3, -0.25) is 4.79 Å². The van der Waals surface area contributed by atoms with Crippen molar-refractivity contribution in [2.75, 3.05) is 0 Å². The molecule has 0 aliphatic heterocycles. The first-order valence-electron chi connectivity index (χ1n) is 8.20. The zero-order valence-corrected chi connectivity index (χ0v) is 12.9. The SMILES string of the molecule is O=c1[nH]ccc2c1c(-c1ccccc1)cn2C1CCC(O)CC1. The fraction of sp³-hybridized carbons (Fsp3) is 0.316. The molecule has 2 aromatic heterocycles. The van der Waals surface area contributed by atoms with Crippen LogP contribution in [0.3, 0.4) is 0 Å². The average Bonchev–Trinajstić information content (AvgIpc) is 2.97. The molecule has 0 unspecified atom stereocenters. The molecule has 1 aliphatic carbocycles. The van der Waals surface area contributed by atoms with E-state index in [1.165, 1.54) is 0 Å². The summed E-state index contributed by atoms with van der Waals surface area (Å²) in [7, 11) is 0. The van der Waals surface area contributed by atoms with E-state index >= 15 is 0 Å². The van der Waals surface area contributed by atoms with Gasteiger partial charge in [0.25, 0.3) is 5.56 Å². The second-order valence-electron chi connectivity index (χ2n) is 6.35. The monoisotopic (exact) mass is 308 g/mol. The summed E-state index contributed by atoms with van der Waals surface area (Å²) in [5.41, 5.74) is 2.97. The van der Waals surface area contributed by atoms with Crippen LogP contribution in [0.2, 0.25) is 0 Å². The summed E-state index contributed by atoms with van der Waals surface area (Å²) in [6, 6.07) is 12.4. The van der Waals surface area contributed by atoms with E-state index in [1.807, 2.05) is 36.4 Å². The number of pyridine rings is 1. The predicted octanol–water partition coefficient (Wildman–Crippen LogP) is 3.47. The minimum atomic E-state index is -0.176. The molecule has 0 spiro atoms. The van der Waals surface area contributed by atoms with E-state index in [4.69, 9.17) is 0 Å². The van der Waals surface area contributed by atoms with E-state index < -0.39 is 0 Å². The van der Waals surface area contributed by atoms with Gasteiger partial charge in [-0.15, -0.1) is 0 Å². The van der Waals surface area contributed by atoms with Gasteiger partial charge in [0.15, 0.2) is 0 Å². The molecule has 2 N–H and O–H groups in total. The molecule has 1 saturated carbocycles. The first kappa shape index (κ1) is 14.3. The number of nitrogens with zero attached hydrogens (tertiary/aromatic N) is 1. The van der Waals surface area contributed by atoms with Crippen LogP contribution in [-0.4, -0.2) is 20.8 Å². The minimum absolute atomic E-state index is 0.0454. The Bertz CT molecular complexity index is 871. The van der Waals surface area contributed by atoms with Crippen molar-refractivity contribution in [2.45, 2.75) is 37.8 Å². The number of benzene rings is 1. The van der Waals surface area contributed by atoms with Crippen LogP contribution in [0.4, 0.5) is 0 Å². The van der Waals surface area contributed by atoms with Gasteiger partial charge < -0.3 is 14.7 Å². The number of aromatic amines is 1. The molecule has 2 heterocycles. The van der Waals surface area contributed by atoms with Crippen molar-refractivity contribution >= 4 is 10.9 Å². The summed E-state index contributed by atoms with van der Waals surface area (Å²) < 4.78 is 2.23. The lowest BCUT2D eigenvalue weighted by atomic mass is 9.93. The van der Waals surface area contributed by atoms with E-state index in [0.29, 0.717) is 6.04 Å². The standard InChI is InChI=1S/C19H20N2O2/c22-15-8-6-14(7-9-15)21-12-16(13-4-2-1-3-5-13)18-17(21)10-11-20-19(18)23/h1-5,10-12,14-15,22H,6-9H2,(H,20,23). The molecule has 1 aromatic carbocycles. The molecule has 3 aromatic rings. The van der Waals surface area contributed by atoms with Crippen LogP contribution in [0.15, 0.2) is 53.6 Å². The third-order valence-corrected chi connectivity index (χ3v) is 4.90. The van der Waals surface area contributed by atoms with Crippen molar-refractivity contribution in [1.82, 2.24) is 9.55 Å². The highest BCUT2D eigenvalue weighted by atomic mass is 16.3. The lowest BCUT2D eigenvalue weighted by Crippen LogP contribution is -2.20. The molecule has 4 heteroatoms. The Morgan fingerprint density at radius 1 is 1.04 bits per heavy atom. The van der Waals surface area contributed by atoms with Crippen LogP contribution in [0.5, 0.6) is 0 Å². The van der Waals surface area contributed by atoms with Crippen LogP contribution < -0.4 is 5.56 Å². The Kier molecular flexibility index (Phi) is 3.54. The Balaban J connectivity index is 1.90. The number of rotatable bonds is 2. The highest BCUT2D eigenvalue weighted by molar-refractivity contribution is 5.95. The lowest BCUT2D eigenvalue weighted by Gasteiger charge is -2.27. The van der Waals surface area contributed by atoms with Gasteiger partial charge in [-0.05, 0) is 37.3 Å². The molecule has 4 rings (SSSR count). The number of fused-ring (bicyclic) bond motifs is 1. The third-order valence-electron chi connectivity index (χ3n) is 4.90. The van der Waals surface area contributed by atoms with Gasteiger partial charge in [0.2, 0.25) is 0 Å². The highest BCUT2D eigenvalue weighted by Gasteiger charge is 2.23. The maximum absolute atomic E-state index is 12.4. The smallest absolute Gasteiger partial charge is 0.258 e. The summed E-state index contributed by atoms with van der Waals surface area (Å²) in [5.74, 6) is 0. The maximum Gasteiger partial charge on any atom is 0.258 e. The number of aliphatic hydroxyl groups excluding tert-OH is 1. The van der Waals surface area contributed by atoms with Crippen molar-refractivity contribution in [2.24, 2.45) is 0 Å². The molecule has 4 nitrogen and oxygen atoms in total. The summed E-state index contributed by atoms with van der Waals surface area (Å²) in [6.07, 6.45) is 7.20. The Labute approximate surface area is 134 Å². The van der Waals surface area contributed by atoms with Crippen molar-refractivity contribution in [3.05, 3.63) is 59.1 Å². The Morgan fingerprint density at radius 3 is 2.52 bits per heavy atom. The largest absolute Gasteiger partial charge is 0.393 e. The summed E-state index contributed by atoms with van der Waals surface area (Å²) >= 11 is 0. The lowest BCUT2D eigenvalue weighted by molar-refractivity contribution is 0.111. The van der Waals surface area contributed by atoms with Gasteiger partial charge in [-0.25, -0.2) is 0 Å². The quantitative estimate of drug-likeness (QED) is 0.761. The maximum atomic E-state index is 12.4. The first-order chi connectivity index (χ1) is 11.2. The number of aliphatic hydroxyl groups is 1. The topological polar surface area (TPSA) is 58.0 Å². The van der Waals surface area contributed by atoms with E-state index in [-0.39, 0.29) is 11.7 Å². The highest BCUT2D eigenvalue weighted by Crippen LogP contribution is 2.35. The van der Waals surface area contributed by atoms with Gasteiger partial charge in [-0.1, -0.05) is 30.3 Å². The van der Waals surface area contributed by atoms with Gasteiger partial charge >= 0.3 is 0 Å². The van der Waals surface area contributed by atoms with Crippen molar-refractivity contribution in [1.29, 1.82) is 0 Å². The molecule has 118 valence electrons. The van der Waals surface area contributed by atoms with E-state index in [1.54, 1.807) is 6.20 Å². The van der Waals surface area contributed by atoms with Gasteiger partial charge in [0.05, 0.1) is 17.0 Å². The molecule has 0 saturated heterocycles. The molecule has 0 amide bonds. The number of nitrogens with one attached hydrogen (secondary N) is 1. The summed E-state index contributed by atoms with van der Waals surface area (Å²) in [4.78, 5) is 15.2. The van der Waals surface area contributed by atoms with Gasteiger partial charge in [-0.2, -0.15) is 0 Å². The average molecular weight is 308 g/mol. The van der Waals surface area contributed by atoms with Crippen LogP contribution in [-0.2, 0) is 0 Å². The van der Waals surface area contributed by atoms with Crippen LogP contribution in [0.25, 0.3) is 22.0 Å². The molecule has 0 radical (unpaired) electrons. The number of hydrogen-bond acceptors (Lipinski definition) is 2. The Morgan fingerprint density at radius 2 is 1.78 bits per heavy atom. The second kappa shape index (κ2) is 5.70. The third kappa shape index (κ3) is 2.49. The number of H-pyrrole nitrogens is 1. The first-order valence-corrected chi connectivity index (χ1v) is 8.20. The van der Waals surface area contributed by atoms with Crippen molar-refractivity contribution < 1.29 is 5.11 Å². The van der Waals surface area contributed by atoms with Crippen LogP contribution in [0, 0.1) is 0 Å². The molecule has 23 heavy (non-hydrogen) atoms. The zero-order chi connectivity index (χ0) is 15.8. The van der Waals surface area contributed by atoms with Gasteiger partial charge in [0.1, 0.15) is 0 Å². The molecule has 0 atom stereocenters.